The number of hydrogen-bond acceptors (Lipinski definition) is 2. The SMILES string of the molecule is Cc1ccsc1C(=O)CC(C)C. The minimum absolute atomic E-state index is 0.289. The molecule has 0 saturated heterocycles. The molecule has 1 aromatic rings. The largest absolute Gasteiger partial charge is 0.293 e. The summed E-state index contributed by atoms with van der Waals surface area (Å²) in [6.45, 7) is 6.13. The number of ketones is 1. The Morgan fingerprint density at radius 2 is 2.25 bits per heavy atom. The van der Waals surface area contributed by atoms with Crippen LogP contribution in [-0.2, 0) is 0 Å². The zero-order valence-corrected chi connectivity index (χ0v) is 8.57. The van der Waals surface area contributed by atoms with Crippen molar-refractivity contribution in [3.05, 3.63) is 21.9 Å². The van der Waals surface area contributed by atoms with Crippen LogP contribution in [0.2, 0.25) is 0 Å². The number of rotatable bonds is 3. The van der Waals surface area contributed by atoms with Gasteiger partial charge in [0.1, 0.15) is 0 Å². The van der Waals surface area contributed by atoms with Crippen LogP contribution in [0.3, 0.4) is 0 Å². The first-order valence-electron chi connectivity index (χ1n) is 4.18. The molecule has 0 aliphatic heterocycles. The van der Waals surface area contributed by atoms with E-state index < -0.39 is 0 Å². The Kier molecular flexibility index (Phi) is 3.04. The molecular weight excluding hydrogens is 168 g/mol. The molecule has 1 heterocycles. The highest BCUT2D eigenvalue weighted by Gasteiger charge is 2.11. The van der Waals surface area contributed by atoms with Crippen LogP contribution < -0.4 is 0 Å². The third kappa shape index (κ3) is 2.18. The molecule has 0 fully saturated rings. The van der Waals surface area contributed by atoms with Gasteiger partial charge >= 0.3 is 0 Å². The number of carbonyl (C=O) groups is 1. The van der Waals surface area contributed by atoms with Crippen molar-refractivity contribution in [1.82, 2.24) is 0 Å². The van der Waals surface area contributed by atoms with E-state index in [1.807, 2.05) is 18.4 Å². The minimum Gasteiger partial charge on any atom is -0.293 e. The van der Waals surface area contributed by atoms with Gasteiger partial charge in [-0.2, -0.15) is 0 Å². The Bertz CT molecular complexity index is 273. The average molecular weight is 182 g/mol. The van der Waals surface area contributed by atoms with Gasteiger partial charge in [-0.3, -0.25) is 4.79 Å². The Labute approximate surface area is 77.4 Å². The standard InChI is InChI=1S/C10H14OS/c1-7(2)6-9(11)10-8(3)4-5-12-10/h4-5,7H,6H2,1-3H3. The van der Waals surface area contributed by atoms with Gasteiger partial charge in [0.05, 0.1) is 4.88 Å². The summed E-state index contributed by atoms with van der Waals surface area (Å²) < 4.78 is 0. The molecule has 0 radical (unpaired) electrons. The molecular formula is C10H14OS. The number of thiophene rings is 1. The smallest absolute Gasteiger partial charge is 0.173 e. The molecule has 0 spiro atoms. The van der Waals surface area contributed by atoms with Crippen LogP contribution in [0.1, 0.15) is 35.5 Å². The Morgan fingerprint density at radius 3 is 2.67 bits per heavy atom. The van der Waals surface area contributed by atoms with E-state index >= 15 is 0 Å². The maximum Gasteiger partial charge on any atom is 0.173 e. The van der Waals surface area contributed by atoms with Crippen molar-refractivity contribution in [3.8, 4) is 0 Å². The van der Waals surface area contributed by atoms with Crippen molar-refractivity contribution in [1.29, 1.82) is 0 Å². The number of aryl methyl sites for hydroxylation is 1. The lowest BCUT2D eigenvalue weighted by Gasteiger charge is -2.01. The summed E-state index contributed by atoms with van der Waals surface area (Å²) in [5, 5.41) is 1.98. The normalized spacial score (nSPS) is 10.7. The van der Waals surface area contributed by atoms with E-state index in [1.54, 1.807) is 11.3 Å². The third-order valence-electron chi connectivity index (χ3n) is 1.71. The first-order chi connectivity index (χ1) is 5.61. The van der Waals surface area contributed by atoms with Crippen LogP contribution in [0.25, 0.3) is 0 Å². The van der Waals surface area contributed by atoms with Crippen molar-refractivity contribution in [2.75, 3.05) is 0 Å². The molecule has 0 aromatic carbocycles. The molecule has 2 heteroatoms. The highest BCUT2D eigenvalue weighted by Crippen LogP contribution is 2.19. The maximum absolute atomic E-state index is 11.5. The first-order valence-corrected chi connectivity index (χ1v) is 5.06. The monoisotopic (exact) mass is 182 g/mol. The second-order valence-corrected chi connectivity index (χ2v) is 4.37. The Balaban J connectivity index is 2.72. The predicted octanol–water partition coefficient (Wildman–Crippen LogP) is 3.29. The summed E-state index contributed by atoms with van der Waals surface area (Å²) in [6.07, 6.45) is 0.668. The molecule has 12 heavy (non-hydrogen) atoms. The topological polar surface area (TPSA) is 17.1 Å². The van der Waals surface area contributed by atoms with E-state index in [0.29, 0.717) is 12.3 Å². The van der Waals surface area contributed by atoms with Crippen molar-refractivity contribution in [2.24, 2.45) is 5.92 Å². The second-order valence-electron chi connectivity index (χ2n) is 3.45. The van der Waals surface area contributed by atoms with E-state index in [0.717, 1.165) is 10.4 Å². The van der Waals surface area contributed by atoms with Crippen LogP contribution in [0.15, 0.2) is 11.4 Å². The molecule has 1 rings (SSSR count). The van der Waals surface area contributed by atoms with E-state index in [1.165, 1.54) is 0 Å². The van der Waals surface area contributed by atoms with Crippen LogP contribution in [-0.4, -0.2) is 5.78 Å². The van der Waals surface area contributed by atoms with E-state index in [4.69, 9.17) is 0 Å². The van der Waals surface area contributed by atoms with Gasteiger partial charge in [-0.15, -0.1) is 11.3 Å². The molecule has 0 atom stereocenters. The summed E-state index contributed by atoms with van der Waals surface area (Å²) >= 11 is 1.55. The third-order valence-corrected chi connectivity index (χ3v) is 2.77. The number of hydrogen-bond donors (Lipinski definition) is 0. The quantitative estimate of drug-likeness (QED) is 0.656. The molecule has 1 nitrogen and oxygen atoms in total. The Morgan fingerprint density at radius 1 is 1.58 bits per heavy atom. The van der Waals surface area contributed by atoms with E-state index in [2.05, 4.69) is 13.8 Å². The number of carbonyl (C=O) groups excluding carboxylic acids is 1. The van der Waals surface area contributed by atoms with Crippen LogP contribution in [0.4, 0.5) is 0 Å². The summed E-state index contributed by atoms with van der Waals surface area (Å²) in [5.41, 5.74) is 1.12. The zero-order chi connectivity index (χ0) is 9.14. The van der Waals surface area contributed by atoms with Crippen LogP contribution >= 0.6 is 11.3 Å². The van der Waals surface area contributed by atoms with Gasteiger partial charge in [-0.1, -0.05) is 13.8 Å². The van der Waals surface area contributed by atoms with E-state index in [-0.39, 0.29) is 5.78 Å². The molecule has 0 aliphatic rings. The molecule has 66 valence electrons. The van der Waals surface area contributed by atoms with Gasteiger partial charge in [0.2, 0.25) is 0 Å². The van der Waals surface area contributed by atoms with Crippen molar-refractivity contribution < 1.29 is 4.79 Å². The lowest BCUT2D eigenvalue weighted by atomic mass is 10.1. The van der Waals surface area contributed by atoms with Crippen LogP contribution in [0, 0.1) is 12.8 Å². The van der Waals surface area contributed by atoms with Gasteiger partial charge < -0.3 is 0 Å². The van der Waals surface area contributed by atoms with Gasteiger partial charge in [0, 0.05) is 6.42 Å². The van der Waals surface area contributed by atoms with Crippen LogP contribution in [0.5, 0.6) is 0 Å². The lowest BCUT2D eigenvalue weighted by Crippen LogP contribution is -2.02. The molecule has 0 N–H and O–H groups in total. The lowest BCUT2D eigenvalue weighted by molar-refractivity contribution is 0.0971. The summed E-state index contributed by atoms with van der Waals surface area (Å²) in [4.78, 5) is 12.5. The fraction of sp³-hybridized carbons (Fsp3) is 0.500. The van der Waals surface area contributed by atoms with Gasteiger partial charge in [-0.25, -0.2) is 0 Å². The van der Waals surface area contributed by atoms with Gasteiger partial charge in [-0.05, 0) is 29.9 Å². The predicted molar refractivity (Wildman–Crippen MR) is 52.8 cm³/mol. The molecule has 0 bridgehead atoms. The first kappa shape index (κ1) is 9.46. The van der Waals surface area contributed by atoms with Gasteiger partial charge in [0.15, 0.2) is 5.78 Å². The van der Waals surface area contributed by atoms with Crippen molar-refractivity contribution >= 4 is 17.1 Å². The summed E-state index contributed by atoms with van der Waals surface area (Å²) in [5.74, 6) is 0.747. The fourth-order valence-corrected chi connectivity index (χ4v) is 2.00. The molecule has 1 aromatic heterocycles. The molecule has 0 aliphatic carbocycles. The minimum atomic E-state index is 0.289. The van der Waals surface area contributed by atoms with Crippen molar-refractivity contribution in [3.63, 3.8) is 0 Å². The average Bonchev–Trinajstić information content (AvgIpc) is 2.33. The summed E-state index contributed by atoms with van der Waals surface area (Å²) in [7, 11) is 0. The zero-order valence-electron chi connectivity index (χ0n) is 7.76. The molecule has 0 amide bonds. The van der Waals surface area contributed by atoms with E-state index in [9.17, 15) is 4.79 Å². The number of Topliss-reactive ketones (excluding diaryl/α,β-unsaturated/α-hetero) is 1. The molecule has 0 saturated carbocycles. The Hall–Kier alpha value is -0.630. The maximum atomic E-state index is 11.5. The fourth-order valence-electron chi connectivity index (χ4n) is 1.12. The highest BCUT2D eigenvalue weighted by atomic mass is 32.1. The highest BCUT2D eigenvalue weighted by molar-refractivity contribution is 7.12. The molecule has 0 unspecified atom stereocenters. The summed E-state index contributed by atoms with van der Waals surface area (Å²) in [6, 6.07) is 2.00. The second kappa shape index (κ2) is 3.85. The van der Waals surface area contributed by atoms with Gasteiger partial charge in [0.25, 0.3) is 0 Å². The van der Waals surface area contributed by atoms with Crippen molar-refractivity contribution in [2.45, 2.75) is 27.2 Å².